The molecule has 7 nitrogen and oxygen atoms in total. The highest BCUT2D eigenvalue weighted by Crippen LogP contribution is 2.32. The minimum absolute atomic E-state index is 0.163. The quantitative estimate of drug-likeness (QED) is 0.688. The van der Waals surface area contributed by atoms with Gasteiger partial charge in [-0.3, -0.25) is 9.59 Å². The molecule has 4 rings (SSSR count). The minimum atomic E-state index is -0.385. The van der Waals surface area contributed by atoms with Crippen LogP contribution in [0.5, 0.6) is 17.2 Å². The van der Waals surface area contributed by atoms with Crippen LogP contribution < -0.4 is 25.0 Å². The maximum absolute atomic E-state index is 12.3. The molecule has 0 unspecified atom stereocenters. The summed E-state index contributed by atoms with van der Waals surface area (Å²) in [5.41, 5.74) is 1.62. The molecule has 0 fully saturated rings. The Kier molecular flexibility index (Phi) is 4.97. The third kappa shape index (κ3) is 3.98. The summed E-state index contributed by atoms with van der Waals surface area (Å²) < 4.78 is 16.1. The largest absolute Gasteiger partial charge is 0.483 e. The van der Waals surface area contributed by atoms with E-state index in [9.17, 15) is 9.59 Å². The first-order valence-electron chi connectivity index (χ1n) is 8.75. The van der Waals surface area contributed by atoms with Gasteiger partial charge >= 0.3 is 0 Å². The zero-order valence-electron chi connectivity index (χ0n) is 14.9. The van der Waals surface area contributed by atoms with Gasteiger partial charge in [-0.25, -0.2) is 0 Å². The van der Waals surface area contributed by atoms with Crippen LogP contribution in [0.25, 0.3) is 0 Å². The fourth-order valence-electron chi connectivity index (χ4n) is 2.77. The van der Waals surface area contributed by atoms with E-state index in [-0.39, 0.29) is 36.2 Å². The number of ether oxygens (including phenoxy) is 3. The van der Waals surface area contributed by atoms with Crippen molar-refractivity contribution in [3.8, 4) is 17.2 Å². The molecule has 2 aromatic carbocycles. The van der Waals surface area contributed by atoms with E-state index in [0.717, 1.165) is 11.1 Å². The van der Waals surface area contributed by atoms with Crippen molar-refractivity contribution in [2.45, 2.75) is 13.2 Å². The van der Waals surface area contributed by atoms with Crippen LogP contribution in [-0.4, -0.2) is 17.7 Å². The minimum Gasteiger partial charge on any atom is -0.483 e. The number of hydrogen-bond donors (Lipinski definition) is 2. The van der Waals surface area contributed by atoms with E-state index in [1.807, 2.05) is 42.5 Å². The average molecular weight is 378 g/mol. The number of rotatable bonds is 6. The van der Waals surface area contributed by atoms with E-state index in [1.54, 1.807) is 6.07 Å². The number of aromatic nitrogens is 1. The van der Waals surface area contributed by atoms with Gasteiger partial charge in [-0.15, -0.1) is 0 Å². The Morgan fingerprint density at radius 3 is 2.68 bits per heavy atom. The number of H-pyrrole nitrogens is 1. The summed E-state index contributed by atoms with van der Waals surface area (Å²) >= 11 is 0. The Balaban J connectivity index is 1.36. The molecular formula is C21H18N2O5. The summed E-state index contributed by atoms with van der Waals surface area (Å²) in [5, 5.41) is 2.76. The third-order valence-corrected chi connectivity index (χ3v) is 4.25. The standard InChI is InChI=1S/C21H18N2O5/c24-17-9-16(22-11-20(17)26-12-14-4-2-1-3-5-14)21(25)23-10-15-6-7-18-19(8-15)28-13-27-18/h1-9,11H,10,12-13H2,(H,22,24)(H,23,25). The topological polar surface area (TPSA) is 89.7 Å². The van der Waals surface area contributed by atoms with Crippen molar-refractivity contribution in [2.24, 2.45) is 0 Å². The highest BCUT2D eigenvalue weighted by atomic mass is 16.7. The molecule has 1 aliphatic heterocycles. The van der Waals surface area contributed by atoms with Gasteiger partial charge in [-0.05, 0) is 23.3 Å². The number of aromatic amines is 1. The van der Waals surface area contributed by atoms with Crippen molar-refractivity contribution < 1.29 is 19.0 Å². The van der Waals surface area contributed by atoms with Gasteiger partial charge in [0.15, 0.2) is 17.2 Å². The summed E-state index contributed by atoms with van der Waals surface area (Å²) in [4.78, 5) is 27.3. The molecule has 2 heterocycles. The molecule has 0 radical (unpaired) electrons. The van der Waals surface area contributed by atoms with Crippen LogP contribution in [-0.2, 0) is 13.2 Å². The molecule has 28 heavy (non-hydrogen) atoms. The first-order valence-corrected chi connectivity index (χ1v) is 8.75. The Hall–Kier alpha value is -3.74. The van der Waals surface area contributed by atoms with Crippen LogP contribution in [0.4, 0.5) is 0 Å². The van der Waals surface area contributed by atoms with E-state index in [2.05, 4.69) is 10.3 Å². The van der Waals surface area contributed by atoms with Crippen molar-refractivity contribution in [1.82, 2.24) is 10.3 Å². The van der Waals surface area contributed by atoms with E-state index in [0.29, 0.717) is 18.0 Å². The Bertz CT molecular complexity index is 1050. The lowest BCUT2D eigenvalue weighted by Gasteiger charge is -2.08. The predicted molar refractivity (Wildman–Crippen MR) is 102 cm³/mol. The van der Waals surface area contributed by atoms with Gasteiger partial charge in [0.1, 0.15) is 12.3 Å². The summed E-state index contributed by atoms with van der Waals surface area (Å²) in [6.45, 7) is 0.772. The molecule has 142 valence electrons. The monoisotopic (exact) mass is 378 g/mol. The summed E-state index contributed by atoms with van der Waals surface area (Å²) in [6.07, 6.45) is 1.40. The third-order valence-electron chi connectivity index (χ3n) is 4.25. The average Bonchev–Trinajstić information content (AvgIpc) is 3.19. The molecule has 0 aliphatic carbocycles. The second-order valence-corrected chi connectivity index (χ2v) is 6.22. The summed E-state index contributed by atoms with van der Waals surface area (Å²) in [7, 11) is 0. The lowest BCUT2D eigenvalue weighted by molar-refractivity contribution is 0.0945. The number of fused-ring (bicyclic) bond motifs is 1. The second kappa shape index (κ2) is 7.87. The molecule has 1 aromatic heterocycles. The van der Waals surface area contributed by atoms with Crippen LogP contribution >= 0.6 is 0 Å². The van der Waals surface area contributed by atoms with Gasteiger partial charge in [-0.1, -0.05) is 36.4 Å². The molecule has 0 bridgehead atoms. The van der Waals surface area contributed by atoms with Crippen molar-refractivity contribution in [3.05, 3.63) is 87.8 Å². The number of amides is 1. The number of benzene rings is 2. The maximum atomic E-state index is 12.3. The summed E-state index contributed by atoms with van der Waals surface area (Å²) in [6, 6.07) is 16.2. The van der Waals surface area contributed by atoms with Crippen LogP contribution in [0, 0.1) is 0 Å². The Morgan fingerprint density at radius 1 is 1.04 bits per heavy atom. The van der Waals surface area contributed by atoms with Gasteiger partial charge in [0.05, 0.1) is 0 Å². The fourth-order valence-corrected chi connectivity index (χ4v) is 2.77. The van der Waals surface area contributed by atoms with Gasteiger partial charge in [0.2, 0.25) is 12.2 Å². The first kappa shape index (κ1) is 17.7. The van der Waals surface area contributed by atoms with Gasteiger partial charge in [0.25, 0.3) is 5.91 Å². The Labute approximate surface area is 160 Å². The lowest BCUT2D eigenvalue weighted by Crippen LogP contribution is -2.25. The van der Waals surface area contributed by atoms with Crippen molar-refractivity contribution in [1.29, 1.82) is 0 Å². The molecule has 7 heteroatoms. The molecule has 0 saturated heterocycles. The van der Waals surface area contributed by atoms with Gasteiger partial charge in [-0.2, -0.15) is 0 Å². The van der Waals surface area contributed by atoms with Gasteiger partial charge in [0, 0.05) is 18.8 Å². The number of carbonyl (C=O) groups is 1. The maximum Gasteiger partial charge on any atom is 0.268 e. The second-order valence-electron chi connectivity index (χ2n) is 6.22. The zero-order chi connectivity index (χ0) is 19.3. The number of nitrogens with one attached hydrogen (secondary N) is 2. The Morgan fingerprint density at radius 2 is 1.86 bits per heavy atom. The smallest absolute Gasteiger partial charge is 0.268 e. The highest BCUT2D eigenvalue weighted by Gasteiger charge is 2.14. The molecule has 3 aromatic rings. The SMILES string of the molecule is O=C(NCc1ccc2c(c1)OCO2)c1cc(=O)c(OCc2ccccc2)c[nH]1. The predicted octanol–water partition coefficient (Wildman–Crippen LogP) is 2.61. The van der Waals surface area contributed by atoms with E-state index in [4.69, 9.17) is 14.2 Å². The molecule has 2 N–H and O–H groups in total. The van der Waals surface area contributed by atoms with E-state index in [1.165, 1.54) is 12.3 Å². The van der Waals surface area contributed by atoms with Gasteiger partial charge < -0.3 is 24.5 Å². The van der Waals surface area contributed by atoms with E-state index >= 15 is 0 Å². The number of carbonyl (C=O) groups excluding carboxylic acids is 1. The number of hydrogen-bond acceptors (Lipinski definition) is 5. The normalized spacial score (nSPS) is 11.9. The molecule has 0 atom stereocenters. The summed E-state index contributed by atoms with van der Waals surface area (Å²) in [5.74, 6) is 1.12. The molecule has 1 amide bonds. The van der Waals surface area contributed by atoms with Crippen LogP contribution in [0.15, 0.2) is 65.6 Å². The van der Waals surface area contributed by atoms with Crippen LogP contribution in [0.2, 0.25) is 0 Å². The molecule has 0 spiro atoms. The first-order chi connectivity index (χ1) is 13.7. The zero-order valence-corrected chi connectivity index (χ0v) is 14.9. The molecule has 0 saturated carbocycles. The van der Waals surface area contributed by atoms with Crippen molar-refractivity contribution >= 4 is 5.91 Å². The molecular weight excluding hydrogens is 360 g/mol. The highest BCUT2D eigenvalue weighted by molar-refractivity contribution is 5.92. The molecule has 1 aliphatic rings. The van der Waals surface area contributed by atoms with Crippen molar-refractivity contribution in [3.63, 3.8) is 0 Å². The lowest BCUT2D eigenvalue weighted by atomic mass is 10.2. The van der Waals surface area contributed by atoms with E-state index < -0.39 is 0 Å². The number of pyridine rings is 1. The van der Waals surface area contributed by atoms with Crippen molar-refractivity contribution in [2.75, 3.05) is 6.79 Å². The fraction of sp³-hybridized carbons (Fsp3) is 0.143. The van der Waals surface area contributed by atoms with Crippen LogP contribution in [0.3, 0.4) is 0 Å². The van der Waals surface area contributed by atoms with Crippen LogP contribution in [0.1, 0.15) is 21.6 Å².